The number of rotatable bonds is 6. The Labute approximate surface area is 103 Å². The van der Waals surface area contributed by atoms with E-state index in [0.29, 0.717) is 6.54 Å². The zero-order valence-corrected chi connectivity index (χ0v) is 10.9. The average Bonchev–Trinajstić information content (AvgIpc) is 2.80. The van der Waals surface area contributed by atoms with Gasteiger partial charge in [-0.2, -0.15) is 0 Å². The highest BCUT2D eigenvalue weighted by atomic mass is 16.5. The molecule has 1 aromatic heterocycles. The van der Waals surface area contributed by atoms with Gasteiger partial charge in [0.2, 0.25) is 0 Å². The van der Waals surface area contributed by atoms with Crippen LogP contribution in [0, 0.1) is 0 Å². The van der Waals surface area contributed by atoms with Crippen LogP contribution in [0.2, 0.25) is 0 Å². The lowest BCUT2D eigenvalue weighted by atomic mass is 10.3. The molecule has 1 aromatic rings. The monoisotopic (exact) mass is 238 g/mol. The third-order valence-electron chi connectivity index (χ3n) is 2.25. The fraction of sp³-hybridized carbons (Fsp3) is 0.667. The zero-order valence-electron chi connectivity index (χ0n) is 10.9. The molecule has 0 aliphatic carbocycles. The highest BCUT2D eigenvalue weighted by Crippen LogP contribution is 2.05. The minimum Gasteiger partial charge on any atom is -0.359 e. The molecule has 1 rings (SSSR count). The number of aliphatic imine (C=N–C) groups is 1. The first-order valence-electron chi connectivity index (χ1n) is 6.26. The topological polar surface area (TPSA) is 62.5 Å². The predicted molar refractivity (Wildman–Crippen MR) is 69.0 cm³/mol. The molecular formula is C12H22N4O. The summed E-state index contributed by atoms with van der Waals surface area (Å²) >= 11 is 0. The lowest BCUT2D eigenvalue weighted by molar-refractivity contribution is 0.379. The second-order valence-corrected chi connectivity index (χ2v) is 3.76. The van der Waals surface area contributed by atoms with Gasteiger partial charge >= 0.3 is 0 Å². The summed E-state index contributed by atoms with van der Waals surface area (Å²) in [5.74, 6) is 1.62. The Balaban J connectivity index is 2.51. The van der Waals surface area contributed by atoms with Crippen LogP contribution >= 0.6 is 0 Å². The van der Waals surface area contributed by atoms with E-state index in [-0.39, 0.29) is 0 Å². The molecule has 0 aromatic carbocycles. The Morgan fingerprint density at radius 2 is 2.18 bits per heavy atom. The molecule has 0 radical (unpaired) electrons. The molecule has 0 aliphatic heterocycles. The number of hydrogen-bond donors (Lipinski definition) is 2. The second kappa shape index (κ2) is 7.70. The van der Waals surface area contributed by atoms with Gasteiger partial charge in [-0.3, -0.25) is 0 Å². The molecule has 5 nitrogen and oxygen atoms in total. The van der Waals surface area contributed by atoms with E-state index in [2.05, 4.69) is 34.6 Å². The van der Waals surface area contributed by atoms with Gasteiger partial charge in [0.1, 0.15) is 6.54 Å². The van der Waals surface area contributed by atoms with E-state index < -0.39 is 0 Å². The van der Waals surface area contributed by atoms with Crippen molar-refractivity contribution in [3.63, 3.8) is 0 Å². The van der Waals surface area contributed by atoms with Crippen molar-refractivity contribution in [2.45, 2.75) is 40.2 Å². The molecular weight excluding hydrogens is 216 g/mol. The molecule has 1 heterocycles. The maximum absolute atomic E-state index is 5.18. The van der Waals surface area contributed by atoms with Crippen LogP contribution in [0.15, 0.2) is 15.6 Å². The Morgan fingerprint density at radius 1 is 1.35 bits per heavy atom. The molecule has 0 unspecified atom stereocenters. The smallest absolute Gasteiger partial charge is 0.191 e. The Kier molecular flexibility index (Phi) is 6.14. The van der Waals surface area contributed by atoms with Gasteiger partial charge in [0.25, 0.3) is 0 Å². The summed E-state index contributed by atoms with van der Waals surface area (Å²) in [6, 6.07) is 1.95. The van der Waals surface area contributed by atoms with Crippen molar-refractivity contribution in [2.75, 3.05) is 13.1 Å². The maximum Gasteiger partial charge on any atom is 0.191 e. The van der Waals surface area contributed by atoms with Gasteiger partial charge in [-0.1, -0.05) is 19.0 Å². The summed E-state index contributed by atoms with van der Waals surface area (Å²) in [7, 11) is 0. The van der Waals surface area contributed by atoms with Crippen molar-refractivity contribution in [3.05, 3.63) is 17.5 Å². The molecule has 0 spiro atoms. The SMILES string of the molecule is CCCNC(=NCc1cc(CC)no1)NCC. The van der Waals surface area contributed by atoms with Crippen LogP contribution in [0.3, 0.4) is 0 Å². The molecule has 0 fully saturated rings. The lowest BCUT2D eigenvalue weighted by Crippen LogP contribution is -2.37. The van der Waals surface area contributed by atoms with Gasteiger partial charge in [0, 0.05) is 19.2 Å². The quantitative estimate of drug-likeness (QED) is 0.585. The minimum atomic E-state index is 0.520. The molecule has 17 heavy (non-hydrogen) atoms. The second-order valence-electron chi connectivity index (χ2n) is 3.76. The third-order valence-corrected chi connectivity index (χ3v) is 2.25. The van der Waals surface area contributed by atoms with E-state index >= 15 is 0 Å². The summed E-state index contributed by atoms with van der Waals surface area (Å²) in [6.07, 6.45) is 1.97. The summed E-state index contributed by atoms with van der Waals surface area (Å²) in [6.45, 7) is 8.52. The number of hydrogen-bond acceptors (Lipinski definition) is 3. The molecule has 0 saturated carbocycles. The van der Waals surface area contributed by atoms with Gasteiger partial charge in [-0.05, 0) is 19.8 Å². The van der Waals surface area contributed by atoms with Gasteiger partial charge in [0.05, 0.1) is 5.69 Å². The molecule has 5 heteroatoms. The van der Waals surface area contributed by atoms with Crippen molar-refractivity contribution >= 4 is 5.96 Å². The largest absolute Gasteiger partial charge is 0.359 e. The highest BCUT2D eigenvalue weighted by molar-refractivity contribution is 5.79. The van der Waals surface area contributed by atoms with Gasteiger partial charge < -0.3 is 15.2 Å². The first-order chi connectivity index (χ1) is 8.30. The van der Waals surface area contributed by atoms with Crippen molar-refractivity contribution in [1.82, 2.24) is 15.8 Å². The molecule has 0 amide bonds. The first kappa shape index (κ1) is 13.5. The Hall–Kier alpha value is -1.52. The van der Waals surface area contributed by atoms with Crippen LogP contribution in [0.1, 0.15) is 38.6 Å². The van der Waals surface area contributed by atoms with Crippen molar-refractivity contribution < 1.29 is 4.52 Å². The standard InChI is InChI=1S/C12H22N4O/c1-4-7-14-12(13-6-3)15-9-11-8-10(5-2)16-17-11/h8H,4-7,9H2,1-3H3,(H2,13,14,15). The van der Waals surface area contributed by atoms with Crippen molar-refractivity contribution in [3.8, 4) is 0 Å². The fourth-order valence-corrected chi connectivity index (χ4v) is 1.34. The molecule has 0 atom stereocenters. The maximum atomic E-state index is 5.18. The summed E-state index contributed by atoms with van der Waals surface area (Å²) in [4.78, 5) is 4.43. The Bertz CT molecular complexity index is 346. The molecule has 2 N–H and O–H groups in total. The van der Waals surface area contributed by atoms with Gasteiger partial charge in [0.15, 0.2) is 11.7 Å². The molecule has 0 aliphatic rings. The van der Waals surface area contributed by atoms with E-state index in [9.17, 15) is 0 Å². The van der Waals surface area contributed by atoms with Crippen molar-refractivity contribution in [1.29, 1.82) is 0 Å². The van der Waals surface area contributed by atoms with E-state index in [4.69, 9.17) is 4.52 Å². The zero-order chi connectivity index (χ0) is 12.5. The van der Waals surface area contributed by atoms with E-state index in [1.165, 1.54) is 0 Å². The minimum absolute atomic E-state index is 0.520. The number of nitrogens with zero attached hydrogens (tertiary/aromatic N) is 2. The summed E-state index contributed by atoms with van der Waals surface area (Å²) in [5, 5.41) is 10.4. The van der Waals surface area contributed by atoms with Crippen LogP contribution < -0.4 is 10.6 Å². The third kappa shape index (κ3) is 4.89. The summed E-state index contributed by atoms with van der Waals surface area (Å²) in [5.41, 5.74) is 0.974. The normalized spacial score (nSPS) is 11.6. The number of nitrogens with one attached hydrogen (secondary N) is 2. The van der Waals surface area contributed by atoms with E-state index in [0.717, 1.165) is 43.3 Å². The van der Waals surface area contributed by atoms with Crippen LogP contribution in [0.5, 0.6) is 0 Å². The fourth-order valence-electron chi connectivity index (χ4n) is 1.34. The van der Waals surface area contributed by atoms with Gasteiger partial charge in [-0.25, -0.2) is 4.99 Å². The highest BCUT2D eigenvalue weighted by Gasteiger charge is 2.02. The number of guanidine groups is 1. The van der Waals surface area contributed by atoms with Gasteiger partial charge in [-0.15, -0.1) is 0 Å². The number of aromatic nitrogens is 1. The van der Waals surface area contributed by atoms with Crippen LogP contribution in [0.25, 0.3) is 0 Å². The van der Waals surface area contributed by atoms with Crippen LogP contribution in [-0.4, -0.2) is 24.2 Å². The lowest BCUT2D eigenvalue weighted by Gasteiger charge is -2.09. The molecule has 0 saturated heterocycles. The molecule has 0 bridgehead atoms. The van der Waals surface area contributed by atoms with Crippen LogP contribution in [-0.2, 0) is 13.0 Å². The summed E-state index contributed by atoms with van der Waals surface area (Å²) < 4.78 is 5.18. The first-order valence-corrected chi connectivity index (χ1v) is 6.26. The van der Waals surface area contributed by atoms with Crippen LogP contribution in [0.4, 0.5) is 0 Å². The average molecular weight is 238 g/mol. The Morgan fingerprint density at radius 3 is 2.76 bits per heavy atom. The van der Waals surface area contributed by atoms with E-state index in [1.807, 2.05) is 13.0 Å². The van der Waals surface area contributed by atoms with Crippen molar-refractivity contribution in [2.24, 2.45) is 4.99 Å². The predicted octanol–water partition coefficient (Wildman–Crippen LogP) is 1.70. The molecule has 96 valence electrons. The van der Waals surface area contributed by atoms with E-state index in [1.54, 1.807) is 0 Å². The number of aryl methyl sites for hydroxylation is 1.